The predicted octanol–water partition coefficient (Wildman–Crippen LogP) is 17.4. The molecule has 1 unspecified atom stereocenters. The third kappa shape index (κ3) is 47.2. The molecule has 0 radical (unpaired) electrons. The highest BCUT2D eigenvalue weighted by atomic mass is 16.6. The van der Waals surface area contributed by atoms with E-state index in [2.05, 4.69) is 32.9 Å². The van der Waals surface area contributed by atoms with E-state index in [1.807, 2.05) is 0 Å². The van der Waals surface area contributed by atoms with Crippen molar-refractivity contribution in [3.63, 3.8) is 0 Å². The van der Waals surface area contributed by atoms with Crippen molar-refractivity contribution in [2.75, 3.05) is 13.2 Å². The minimum Gasteiger partial charge on any atom is -0.462 e. The van der Waals surface area contributed by atoms with E-state index in [0.29, 0.717) is 19.3 Å². The molecule has 0 aliphatic rings. The van der Waals surface area contributed by atoms with Crippen molar-refractivity contribution in [3.05, 3.63) is 12.2 Å². The van der Waals surface area contributed by atoms with Gasteiger partial charge in [0.05, 0.1) is 0 Å². The first-order valence-corrected chi connectivity index (χ1v) is 26.7. The van der Waals surface area contributed by atoms with Crippen LogP contribution in [0.5, 0.6) is 0 Å². The zero-order chi connectivity index (χ0) is 43.7. The molecule has 1 atom stereocenters. The Hall–Kier alpha value is -1.85. The van der Waals surface area contributed by atoms with Crippen molar-refractivity contribution in [3.8, 4) is 0 Å². The maximum atomic E-state index is 12.7. The lowest BCUT2D eigenvalue weighted by atomic mass is 10.0. The molecule has 354 valence electrons. The zero-order valence-corrected chi connectivity index (χ0v) is 40.5. The van der Waals surface area contributed by atoms with Gasteiger partial charge in [-0.2, -0.15) is 0 Å². The summed E-state index contributed by atoms with van der Waals surface area (Å²) in [5.41, 5.74) is 0. The summed E-state index contributed by atoms with van der Waals surface area (Å²) in [6.45, 7) is 6.59. The maximum Gasteiger partial charge on any atom is 0.306 e. The summed E-state index contributed by atoms with van der Waals surface area (Å²) in [5.74, 6) is -0.870. The largest absolute Gasteiger partial charge is 0.462 e. The Labute approximate surface area is 373 Å². The number of hydrogen-bond acceptors (Lipinski definition) is 6. The van der Waals surface area contributed by atoms with E-state index in [1.54, 1.807) is 0 Å². The molecule has 0 amide bonds. The van der Waals surface area contributed by atoms with Crippen LogP contribution in [0.3, 0.4) is 0 Å². The van der Waals surface area contributed by atoms with E-state index in [1.165, 1.54) is 193 Å². The lowest BCUT2D eigenvalue weighted by Crippen LogP contribution is -2.30. The van der Waals surface area contributed by atoms with Gasteiger partial charge in [0.2, 0.25) is 0 Å². The van der Waals surface area contributed by atoms with Gasteiger partial charge in [-0.3, -0.25) is 14.4 Å². The first-order chi connectivity index (χ1) is 29.5. The van der Waals surface area contributed by atoms with Gasteiger partial charge in [0.1, 0.15) is 13.2 Å². The monoisotopic (exact) mass is 847 g/mol. The molecule has 0 saturated carbocycles. The Morgan fingerprint density at radius 2 is 0.550 bits per heavy atom. The van der Waals surface area contributed by atoms with Crippen LogP contribution in [0.4, 0.5) is 0 Å². The Morgan fingerprint density at radius 3 is 0.833 bits per heavy atom. The first kappa shape index (κ1) is 58.1. The van der Waals surface area contributed by atoms with Gasteiger partial charge in [-0.1, -0.05) is 245 Å². The van der Waals surface area contributed by atoms with Crippen molar-refractivity contribution in [2.45, 2.75) is 303 Å². The average molecular weight is 847 g/mol. The smallest absolute Gasteiger partial charge is 0.306 e. The maximum absolute atomic E-state index is 12.7. The molecule has 0 N–H and O–H groups in total. The summed E-state index contributed by atoms with van der Waals surface area (Å²) in [7, 11) is 0. The van der Waals surface area contributed by atoms with Crippen LogP contribution in [-0.2, 0) is 28.6 Å². The van der Waals surface area contributed by atoms with Gasteiger partial charge in [-0.05, 0) is 44.9 Å². The second-order valence-electron chi connectivity index (χ2n) is 18.2. The molecule has 0 rings (SSSR count). The van der Waals surface area contributed by atoms with Crippen LogP contribution in [0.2, 0.25) is 0 Å². The average Bonchev–Trinajstić information content (AvgIpc) is 3.24. The van der Waals surface area contributed by atoms with Crippen LogP contribution < -0.4 is 0 Å². The molecule has 0 heterocycles. The molecule has 0 bridgehead atoms. The number of hydrogen-bond donors (Lipinski definition) is 0. The number of carbonyl (C=O) groups is 3. The van der Waals surface area contributed by atoms with Gasteiger partial charge >= 0.3 is 17.9 Å². The molecule has 0 fully saturated rings. The van der Waals surface area contributed by atoms with Gasteiger partial charge in [0.15, 0.2) is 6.10 Å². The highest BCUT2D eigenvalue weighted by Crippen LogP contribution is 2.17. The molecular weight excluding hydrogens is 745 g/mol. The van der Waals surface area contributed by atoms with Gasteiger partial charge in [-0.25, -0.2) is 0 Å². The molecule has 0 aromatic heterocycles. The van der Waals surface area contributed by atoms with Crippen LogP contribution in [0.25, 0.3) is 0 Å². The lowest BCUT2D eigenvalue weighted by molar-refractivity contribution is -0.167. The number of unbranched alkanes of at least 4 members (excludes halogenated alkanes) is 36. The van der Waals surface area contributed by atoms with Crippen molar-refractivity contribution in [1.29, 1.82) is 0 Å². The normalized spacial score (nSPS) is 12.0. The topological polar surface area (TPSA) is 78.9 Å². The summed E-state index contributed by atoms with van der Waals surface area (Å²) in [6.07, 6.45) is 55.2. The van der Waals surface area contributed by atoms with Crippen LogP contribution in [-0.4, -0.2) is 37.2 Å². The molecule has 0 aliphatic heterocycles. The molecule has 0 spiro atoms. The second kappa shape index (κ2) is 49.8. The molecule has 0 aromatic rings. The van der Waals surface area contributed by atoms with Crippen LogP contribution in [0, 0.1) is 0 Å². The summed E-state index contributed by atoms with van der Waals surface area (Å²) in [5, 5.41) is 0. The highest BCUT2D eigenvalue weighted by Gasteiger charge is 2.19. The predicted molar refractivity (Wildman–Crippen MR) is 256 cm³/mol. The fourth-order valence-corrected chi connectivity index (χ4v) is 7.97. The Bertz CT molecular complexity index is 931. The Kier molecular flexibility index (Phi) is 48.3. The van der Waals surface area contributed by atoms with Gasteiger partial charge in [0, 0.05) is 19.3 Å². The molecular formula is C54H102O6. The van der Waals surface area contributed by atoms with Crippen molar-refractivity contribution in [2.24, 2.45) is 0 Å². The molecule has 0 aromatic carbocycles. The van der Waals surface area contributed by atoms with Crippen LogP contribution >= 0.6 is 0 Å². The number of esters is 3. The number of allylic oxidation sites excluding steroid dienone is 2. The van der Waals surface area contributed by atoms with E-state index >= 15 is 0 Å². The number of carbonyl (C=O) groups excluding carboxylic acids is 3. The third-order valence-corrected chi connectivity index (χ3v) is 12.0. The molecule has 6 heteroatoms. The van der Waals surface area contributed by atoms with E-state index in [0.717, 1.165) is 64.2 Å². The quantitative estimate of drug-likeness (QED) is 0.0263. The summed E-state index contributed by atoms with van der Waals surface area (Å²) in [6, 6.07) is 0. The van der Waals surface area contributed by atoms with E-state index < -0.39 is 6.10 Å². The van der Waals surface area contributed by atoms with Crippen LogP contribution in [0.1, 0.15) is 297 Å². The van der Waals surface area contributed by atoms with E-state index in [4.69, 9.17) is 14.2 Å². The first-order valence-electron chi connectivity index (χ1n) is 26.7. The minimum atomic E-state index is -0.764. The van der Waals surface area contributed by atoms with Gasteiger partial charge < -0.3 is 14.2 Å². The van der Waals surface area contributed by atoms with Crippen molar-refractivity contribution < 1.29 is 28.6 Å². The van der Waals surface area contributed by atoms with Gasteiger partial charge in [0.25, 0.3) is 0 Å². The van der Waals surface area contributed by atoms with E-state index in [9.17, 15) is 14.4 Å². The fraction of sp³-hybridized carbons (Fsp3) is 0.907. The molecule has 60 heavy (non-hydrogen) atoms. The van der Waals surface area contributed by atoms with E-state index in [-0.39, 0.29) is 31.1 Å². The highest BCUT2D eigenvalue weighted by molar-refractivity contribution is 5.71. The fourth-order valence-electron chi connectivity index (χ4n) is 7.97. The van der Waals surface area contributed by atoms with Crippen molar-refractivity contribution >= 4 is 17.9 Å². The summed E-state index contributed by atoms with van der Waals surface area (Å²) >= 11 is 0. The number of rotatable bonds is 49. The zero-order valence-electron chi connectivity index (χ0n) is 40.5. The summed E-state index contributed by atoms with van der Waals surface area (Å²) < 4.78 is 16.7. The Balaban J connectivity index is 4.09. The minimum absolute atomic E-state index is 0.0677. The lowest BCUT2D eigenvalue weighted by Gasteiger charge is -2.18. The SMILES string of the molecule is CCCCCCCC/C=C\CCCCCCCCCC(=O)OC(COC(=O)CCCCCCC)COC(=O)CCCCCCCCCCCCCCCCCCCCCC. The molecule has 0 saturated heterocycles. The van der Waals surface area contributed by atoms with Crippen molar-refractivity contribution in [1.82, 2.24) is 0 Å². The number of ether oxygens (including phenoxy) is 3. The third-order valence-electron chi connectivity index (χ3n) is 12.0. The van der Waals surface area contributed by atoms with Gasteiger partial charge in [-0.15, -0.1) is 0 Å². The second-order valence-corrected chi connectivity index (χ2v) is 18.2. The standard InChI is InChI=1S/C54H102O6/c1-4-7-10-13-15-17-19-21-23-25-26-27-29-30-32-34-36-38-41-44-47-53(56)59-50-51(49-58-52(55)46-43-40-12-9-6-3)60-54(57)48-45-42-39-37-35-33-31-28-24-22-20-18-16-14-11-8-5-2/h22,24,51H,4-21,23,25-50H2,1-3H3/b24-22-. The molecule has 0 aliphatic carbocycles. The Morgan fingerprint density at radius 1 is 0.317 bits per heavy atom. The van der Waals surface area contributed by atoms with Crippen LogP contribution in [0.15, 0.2) is 12.2 Å². The molecule has 6 nitrogen and oxygen atoms in total. The summed E-state index contributed by atoms with van der Waals surface area (Å²) in [4.78, 5) is 37.7.